The maximum Gasteiger partial charge on any atom is 0.228 e. The van der Waals surface area contributed by atoms with Crippen LogP contribution < -0.4 is 0 Å². The number of aliphatic hydroxyl groups is 4. The van der Waals surface area contributed by atoms with Gasteiger partial charge in [-0.2, -0.15) is 0 Å². The van der Waals surface area contributed by atoms with Crippen molar-refractivity contribution in [1.82, 2.24) is 0 Å². The molecule has 132 valence electrons. The Morgan fingerprint density at radius 1 is 1.26 bits per heavy atom. The fraction of sp³-hybridized carbons (Fsp3) is 0.812. The van der Waals surface area contributed by atoms with Crippen LogP contribution in [0.15, 0.2) is 11.8 Å². The first-order chi connectivity index (χ1) is 10.8. The molecule has 0 bridgehead atoms. The van der Waals surface area contributed by atoms with Gasteiger partial charge < -0.3 is 29.9 Å². The summed E-state index contributed by atoms with van der Waals surface area (Å²) in [7, 11) is 0. The van der Waals surface area contributed by atoms with Gasteiger partial charge in [-0.05, 0) is 31.3 Å². The summed E-state index contributed by atoms with van der Waals surface area (Å²) in [4.78, 5) is 12.1. The molecule has 2 rings (SSSR count). The van der Waals surface area contributed by atoms with E-state index in [-0.39, 0.29) is 11.7 Å². The lowest BCUT2D eigenvalue weighted by molar-refractivity contribution is -0.288. The number of Topliss-reactive ketones (excluding diaryl/α,β-unsaturated/α-hetero) is 1. The Morgan fingerprint density at radius 3 is 2.57 bits per heavy atom. The standard InChI is InChI=1S/C16H26O7/c1-8-3-4-10(11(18)5-8)9(2)7-22-16-15(21)14(20)13(19)12(6-17)23-16/h7-8,10,12-17,19-21H,3-6H2,1-2H3/t8-,10-,12-,13-,14+,15-,16-/m1/s1. The van der Waals surface area contributed by atoms with Crippen molar-refractivity contribution >= 4 is 5.78 Å². The van der Waals surface area contributed by atoms with Crippen molar-refractivity contribution in [2.45, 2.75) is 63.8 Å². The van der Waals surface area contributed by atoms with Gasteiger partial charge >= 0.3 is 0 Å². The molecule has 1 saturated heterocycles. The summed E-state index contributed by atoms with van der Waals surface area (Å²) in [5, 5.41) is 38.4. The number of rotatable bonds is 4. The molecule has 2 fully saturated rings. The third-order valence-electron chi connectivity index (χ3n) is 4.67. The molecule has 0 aromatic carbocycles. The van der Waals surface area contributed by atoms with Gasteiger partial charge in [0.1, 0.15) is 30.2 Å². The molecule has 0 aromatic rings. The second kappa shape index (κ2) is 7.72. The molecule has 0 amide bonds. The van der Waals surface area contributed by atoms with E-state index in [0.29, 0.717) is 12.3 Å². The summed E-state index contributed by atoms with van der Waals surface area (Å²) in [5.74, 6) is 0.379. The molecule has 7 atom stereocenters. The Bertz CT molecular complexity index is 448. The van der Waals surface area contributed by atoms with E-state index >= 15 is 0 Å². The molecular formula is C16H26O7. The second-order valence-electron chi connectivity index (χ2n) is 6.60. The van der Waals surface area contributed by atoms with Crippen LogP contribution in [0.1, 0.15) is 33.1 Å². The molecule has 0 radical (unpaired) electrons. The molecule has 0 unspecified atom stereocenters. The molecule has 0 spiro atoms. The Kier molecular flexibility index (Phi) is 6.16. The third-order valence-corrected chi connectivity index (χ3v) is 4.67. The lowest BCUT2D eigenvalue weighted by atomic mass is 9.79. The summed E-state index contributed by atoms with van der Waals surface area (Å²) in [6.07, 6.45) is -2.90. The molecule has 1 saturated carbocycles. The van der Waals surface area contributed by atoms with Crippen molar-refractivity contribution in [1.29, 1.82) is 0 Å². The Morgan fingerprint density at radius 2 is 1.96 bits per heavy atom. The predicted molar refractivity (Wildman–Crippen MR) is 80.1 cm³/mol. The van der Waals surface area contributed by atoms with E-state index in [1.54, 1.807) is 6.92 Å². The van der Waals surface area contributed by atoms with Gasteiger partial charge in [-0.25, -0.2) is 0 Å². The largest absolute Gasteiger partial charge is 0.470 e. The number of hydrogen-bond acceptors (Lipinski definition) is 7. The number of ether oxygens (including phenoxy) is 2. The number of hydrogen-bond donors (Lipinski definition) is 4. The van der Waals surface area contributed by atoms with E-state index in [4.69, 9.17) is 14.6 Å². The number of carbonyl (C=O) groups excluding carboxylic acids is 1. The molecule has 1 aliphatic heterocycles. The van der Waals surface area contributed by atoms with Crippen LogP contribution >= 0.6 is 0 Å². The minimum absolute atomic E-state index is 0.176. The van der Waals surface area contributed by atoms with Crippen molar-refractivity contribution in [2.75, 3.05) is 6.61 Å². The van der Waals surface area contributed by atoms with E-state index in [0.717, 1.165) is 18.4 Å². The topological polar surface area (TPSA) is 116 Å². The SMILES string of the molecule is CC(=CO[C@@H]1O[C@H](CO)[C@@H](O)[C@H](O)[C@H]1O)[C@H]1CC[C@@H](C)CC1=O. The fourth-order valence-corrected chi connectivity index (χ4v) is 3.12. The maximum atomic E-state index is 12.1. The van der Waals surface area contributed by atoms with Crippen LogP contribution in [0.2, 0.25) is 0 Å². The summed E-state index contributed by atoms with van der Waals surface area (Å²) in [6, 6.07) is 0. The van der Waals surface area contributed by atoms with Gasteiger partial charge in [0.25, 0.3) is 0 Å². The lowest BCUT2D eigenvalue weighted by Gasteiger charge is -2.39. The number of carbonyl (C=O) groups is 1. The summed E-state index contributed by atoms with van der Waals surface area (Å²) < 4.78 is 10.6. The first-order valence-corrected chi connectivity index (χ1v) is 8.00. The van der Waals surface area contributed by atoms with Gasteiger partial charge in [0.05, 0.1) is 12.9 Å². The zero-order chi connectivity index (χ0) is 17.1. The van der Waals surface area contributed by atoms with Crippen LogP contribution in [0, 0.1) is 11.8 Å². The monoisotopic (exact) mass is 330 g/mol. The van der Waals surface area contributed by atoms with Crippen molar-refractivity contribution in [2.24, 2.45) is 11.8 Å². The highest BCUT2D eigenvalue weighted by Crippen LogP contribution is 2.31. The van der Waals surface area contributed by atoms with E-state index in [1.807, 2.05) is 0 Å². The zero-order valence-corrected chi connectivity index (χ0v) is 13.5. The first-order valence-electron chi connectivity index (χ1n) is 8.00. The molecule has 0 aromatic heterocycles. The lowest BCUT2D eigenvalue weighted by Crippen LogP contribution is -2.58. The van der Waals surface area contributed by atoms with Crippen LogP contribution in [-0.2, 0) is 14.3 Å². The van der Waals surface area contributed by atoms with Gasteiger partial charge in [0, 0.05) is 12.3 Å². The van der Waals surface area contributed by atoms with Crippen molar-refractivity contribution in [3.8, 4) is 0 Å². The normalized spacial score (nSPS) is 42.6. The average Bonchev–Trinajstić information content (AvgIpc) is 2.51. The molecule has 23 heavy (non-hydrogen) atoms. The molecule has 7 heteroatoms. The number of ketones is 1. The summed E-state index contributed by atoms with van der Waals surface area (Å²) in [5.41, 5.74) is 0.735. The first kappa shape index (κ1) is 18.4. The van der Waals surface area contributed by atoms with Gasteiger partial charge in [0.15, 0.2) is 0 Å². The smallest absolute Gasteiger partial charge is 0.228 e. The molecular weight excluding hydrogens is 304 g/mol. The number of allylic oxidation sites excluding steroid dienone is 1. The highest BCUT2D eigenvalue weighted by molar-refractivity contribution is 5.84. The van der Waals surface area contributed by atoms with E-state index < -0.39 is 37.3 Å². The number of aliphatic hydroxyl groups excluding tert-OH is 4. The van der Waals surface area contributed by atoms with E-state index in [9.17, 15) is 20.1 Å². The molecule has 7 nitrogen and oxygen atoms in total. The minimum atomic E-state index is -1.48. The minimum Gasteiger partial charge on any atom is -0.470 e. The third kappa shape index (κ3) is 4.10. The summed E-state index contributed by atoms with van der Waals surface area (Å²) >= 11 is 0. The molecule has 1 aliphatic carbocycles. The summed E-state index contributed by atoms with van der Waals surface area (Å²) in [6.45, 7) is 3.33. The zero-order valence-electron chi connectivity index (χ0n) is 13.5. The van der Waals surface area contributed by atoms with Crippen molar-refractivity contribution < 1.29 is 34.7 Å². The van der Waals surface area contributed by atoms with Gasteiger partial charge in [-0.15, -0.1) is 0 Å². The predicted octanol–water partition coefficient (Wildman–Crippen LogP) is -0.288. The highest BCUT2D eigenvalue weighted by atomic mass is 16.7. The van der Waals surface area contributed by atoms with Crippen LogP contribution in [0.3, 0.4) is 0 Å². The Balaban J connectivity index is 1.99. The van der Waals surface area contributed by atoms with E-state index in [1.165, 1.54) is 6.26 Å². The average molecular weight is 330 g/mol. The van der Waals surface area contributed by atoms with Gasteiger partial charge in [0.2, 0.25) is 6.29 Å². The van der Waals surface area contributed by atoms with Crippen LogP contribution in [-0.4, -0.2) is 63.5 Å². The second-order valence-corrected chi connectivity index (χ2v) is 6.60. The van der Waals surface area contributed by atoms with Crippen LogP contribution in [0.25, 0.3) is 0 Å². The maximum absolute atomic E-state index is 12.1. The quantitative estimate of drug-likeness (QED) is 0.523. The highest BCUT2D eigenvalue weighted by Gasteiger charge is 2.44. The fourth-order valence-electron chi connectivity index (χ4n) is 3.12. The van der Waals surface area contributed by atoms with Gasteiger partial charge in [-0.1, -0.05) is 6.92 Å². The molecule has 4 N–H and O–H groups in total. The van der Waals surface area contributed by atoms with Gasteiger partial charge in [-0.3, -0.25) is 4.79 Å². The Hall–Kier alpha value is -0.990. The Labute approximate surface area is 135 Å². The van der Waals surface area contributed by atoms with E-state index in [2.05, 4.69) is 6.92 Å². The van der Waals surface area contributed by atoms with Crippen LogP contribution in [0.4, 0.5) is 0 Å². The van der Waals surface area contributed by atoms with Crippen molar-refractivity contribution in [3.05, 3.63) is 11.8 Å². The molecule has 1 heterocycles. The van der Waals surface area contributed by atoms with Crippen LogP contribution in [0.5, 0.6) is 0 Å². The molecule has 2 aliphatic rings. The van der Waals surface area contributed by atoms with Crippen molar-refractivity contribution in [3.63, 3.8) is 0 Å².